The number of aryl methyl sites for hydroxylation is 1. The van der Waals surface area contributed by atoms with E-state index >= 15 is 0 Å². The summed E-state index contributed by atoms with van der Waals surface area (Å²) >= 11 is 0. The van der Waals surface area contributed by atoms with Gasteiger partial charge in [-0.15, -0.1) is 0 Å². The van der Waals surface area contributed by atoms with Gasteiger partial charge in [-0.2, -0.15) is 0 Å². The normalized spacial score (nSPS) is 10.2. The standard InChI is InChI=1S/C16H14N6O2/c1-11-7-8-17-13(9-11)21-16-14(22(23)24)15(18-10-19-16)20-12-5-3-2-4-6-12/h2-10H,1H3,(H2,17,18,19,20,21). The monoisotopic (exact) mass is 322 g/mol. The Morgan fingerprint density at radius 3 is 2.38 bits per heavy atom. The van der Waals surface area contributed by atoms with Crippen molar-refractivity contribution in [3.63, 3.8) is 0 Å². The summed E-state index contributed by atoms with van der Waals surface area (Å²) in [6, 6.07) is 12.7. The summed E-state index contributed by atoms with van der Waals surface area (Å²) in [4.78, 5) is 23.1. The van der Waals surface area contributed by atoms with Gasteiger partial charge in [-0.05, 0) is 36.8 Å². The molecular formula is C16H14N6O2. The molecule has 120 valence electrons. The molecule has 0 amide bonds. The van der Waals surface area contributed by atoms with Crippen molar-refractivity contribution in [2.24, 2.45) is 0 Å². The zero-order valence-electron chi connectivity index (χ0n) is 12.8. The smallest absolute Gasteiger partial charge is 0.334 e. The molecule has 0 aliphatic carbocycles. The molecule has 0 saturated carbocycles. The highest BCUT2D eigenvalue weighted by Gasteiger charge is 2.23. The summed E-state index contributed by atoms with van der Waals surface area (Å²) in [5.74, 6) is 0.658. The Morgan fingerprint density at radius 1 is 1.00 bits per heavy atom. The Balaban J connectivity index is 1.97. The maximum atomic E-state index is 11.5. The third kappa shape index (κ3) is 3.43. The predicted octanol–water partition coefficient (Wildman–Crippen LogP) is 3.58. The highest BCUT2D eigenvalue weighted by molar-refractivity contribution is 5.76. The van der Waals surface area contributed by atoms with E-state index in [1.54, 1.807) is 24.4 Å². The van der Waals surface area contributed by atoms with Crippen molar-refractivity contribution in [2.75, 3.05) is 10.6 Å². The summed E-state index contributed by atoms with van der Waals surface area (Å²) in [6.07, 6.45) is 2.88. The highest BCUT2D eigenvalue weighted by atomic mass is 16.6. The first-order valence-corrected chi connectivity index (χ1v) is 7.14. The van der Waals surface area contributed by atoms with Crippen molar-refractivity contribution in [1.82, 2.24) is 15.0 Å². The number of anilines is 4. The van der Waals surface area contributed by atoms with Crippen molar-refractivity contribution in [2.45, 2.75) is 6.92 Å². The maximum Gasteiger partial charge on any atom is 0.353 e. The van der Waals surface area contributed by atoms with Gasteiger partial charge >= 0.3 is 5.69 Å². The molecule has 1 aromatic carbocycles. The van der Waals surface area contributed by atoms with E-state index in [4.69, 9.17) is 0 Å². The van der Waals surface area contributed by atoms with Gasteiger partial charge in [0.1, 0.15) is 12.1 Å². The fourth-order valence-corrected chi connectivity index (χ4v) is 2.12. The van der Waals surface area contributed by atoms with Gasteiger partial charge in [-0.3, -0.25) is 10.1 Å². The molecule has 0 aliphatic heterocycles. The van der Waals surface area contributed by atoms with Crippen molar-refractivity contribution in [1.29, 1.82) is 0 Å². The minimum absolute atomic E-state index is 0.0755. The van der Waals surface area contributed by atoms with Gasteiger partial charge in [0.25, 0.3) is 0 Å². The number of nitrogens with one attached hydrogen (secondary N) is 2. The fraction of sp³-hybridized carbons (Fsp3) is 0.0625. The molecule has 0 fully saturated rings. The number of para-hydroxylation sites is 1. The quantitative estimate of drug-likeness (QED) is 0.546. The lowest BCUT2D eigenvalue weighted by molar-refractivity contribution is -0.383. The van der Waals surface area contributed by atoms with Crippen LogP contribution in [0, 0.1) is 17.0 Å². The van der Waals surface area contributed by atoms with Crippen molar-refractivity contribution >= 4 is 28.8 Å². The molecule has 0 saturated heterocycles. The van der Waals surface area contributed by atoms with Crippen LogP contribution in [0.5, 0.6) is 0 Å². The van der Waals surface area contributed by atoms with Crippen LogP contribution in [0.1, 0.15) is 5.56 Å². The first kappa shape index (κ1) is 15.3. The maximum absolute atomic E-state index is 11.5. The summed E-state index contributed by atoms with van der Waals surface area (Å²) in [5.41, 5.74) is 1.43. The molecule has 8 nitrogen and oxygen atoms in total. The summed E-state index contributed by atoms with van der Waals surface area (Å²) in [5, 5.41) is 17.3. The third-order valence-corrected chi connectivity index (χ3v) is 3.20. The second-order valence-corrected chi connectivity index (χ2v) is 5.01. The number of hydrogen-bond acceptors (Lipinski definition) is 7. The van der Waals surface area contributed by atoms with Crippen LogP contribution in [0.2, 0.25) is 0 Å². The minimum atomic E-state index is -0.524. The molecule has 0 bridgehead atoms. The lowest BCUT2D eigenvalue weighted by Gasteiger charge is -2.09. The van der Waals surface area contributed by atoms with Gasteiger partial charge in [-0.25, -0.2) is 15.0 Å². The molecule has 2 N–H and O–H groups in total. The zero-order valence-corrected chi connectivity index (χ0v) is 12.8. The molecular weight excluding hydrogens is 308 g/mol. The Labute approximate surface area is 137 Å². The van der Waals surface area contributed by atoms with Crippen LogP contribution in [0.4, 0.5) is 28.8 Å². The molecule has 0 unspecified atom stereocenters. The minimum Gasteiger partial charge on any atom is -0.334 e. The Hall–Kier alpha value is -3.55. The van der Waals surface area contributed by atoms with Crippen molar-refractivity contribution in [3.05, 3.63) is 70.7 Å². The van der Waals surface area contributed by atoms with Gasteiger partial charge in [0.15, 0.2) is 0 Å². The van der Waals surface area contributed by atoms with E-state index in [1.165, 1.54) is 6.33 Å². The summed E-state index contributed by atoms with van der Waals surface area (Å²) in [6.45, 7) is 1.91. The Bertz CT molecular complexity index is 869. The summed E-state index contributed by atoms with van der Waals surface area (Å²) < 4.78 is 0. The number of rotatable bonds is 5. The Kier molecular flexibility index (Phi) is 4.28. The number of hydrogen-bond donors (Lipinski definition) is 2. The first-order valence-electron chi connectivity index (χ1n) is 7.14. The van der Waals surface area contributed by atoms with Crippen LogP contribution in [0.15, 0.2) is 55.0 Å². The lowest BCUT2D eigenvalue weighted by atomic mass is 10.3. The molecule has 0 radical (unpaired) electrons. The zero-order chi connectivity index (χ0) is 16.9. The number of pyridine rings is 1. The van der Waals surface area contributed by atoms with Gasteiger partial charge in [-0.1, -0.05) is 18.2 Å². The second kappa shape index (κ2) is 6.69. The molecule has 24 heavy (non-hydrogen) atoms. The predicted molar refractivity (Wildman–Crippen MR) is 90.7 cm³/mol. The van der Waals surface area contributed by atoms with E-state index in [2.05, 4.69) is 25.6 Å². The number of nitrogens with zero attached hydrogens (tertiary/aromatic N) is 4. The number of nitro groups is 1. The fourth-order valence-electron chi connectivity index (χ4n) is 2.12. The van der Waals surface area contributed by atoms with E-state index in [1.807, 2.05) is 31.2 Å². The SMILES string of the molecule is Cc1ccnc(Nc2ncnc(Nc3ccccc3)c2[N+](=O)[O-])c1. The molecule has 0 spiro atoms. The number of aromatic nitrogens is 3. The number of benzene rings is 1. The average molecular weight is 322 g/mol. The highest BCUT2D eigenvalue weighted by Crippen LogP contribution is 2.32. The van der Waals surface area contributed by atoms with Crippen LogP contribution in [-0.2, 0) is 0 Å². The van der Waals surface area contributed by atoms with E-state index < -0.39 is 4.92 Å². The second-order valence-electron chi connectivity index (χ2n) is 5.01. The van der Waals surface area contributed by atoms with Gasteiger partial charge in [0.2, 0.25) is 11.6 Å². The molecule has 3 aromatic rings. The molecule has 2 heterocycles. The average Bonchev–Trinajstić information content (AvgIpc) is 2.56. The van der Waals surface area contributed by atoms with Crippen LogP contribution in [0.3, 0.4) is 0 Å². The van der Waals surface area contributed by atoms with Gasteiger partial charge in [0.05, 0.1) is 4.92 Å². The third-order valence-electron chi connectivity index (χ3n) is 3.20. The van der Waals surface area contributed by atoms with E-state index in [-0.39, 0.29) is 17.3 Å². The lowest BCUT2D eigenvalue weighted by Crippen LogP contribution is -2.06. The molecule has 2 aromatic heterocycles. The van der Waals surface area contributed by atoms with Crippen molar-refractivity contribution in [3.8, 4) is 0 Å². The first-order chi connectivity index (χ1) is 11.6. The van der Waals surface area contributed by atoms with Crippen molar-refractivity contribution < 1.29 is 4.92 Å². The van der Waals surface area contributed by atoms with Crippen LogP contribution in [-0.4, -0.2) is 19.9 Å². The summed E-state index contributed by atoms with van der Waals surface area (Å²) in [7, 11) is 0. The van der Waals surface area contributed by atoms with Crippen LogP contribution in [0.25, 0.3) is 0 Å². The van der Waals surface area contributed by atoms with E-state index in [0.717, 1.165) is 5.56 Å². The molecule has 8 heteroatoms. The van der Waals surface area contributed by atoms with Crippen LogP contribution < -0.4 is 10.6 Å². The van der Waals surface area contributed by atoms with E-state index in [0.29, 0.717) is 11.5 Å². The van der Waals surface area contributed by atoms with Gasteiger partial charge < -0.3 is 10.6 Å². The molecule has 0 atom stereocenters. The van der Waals surface area contributed by atoms with Gasteiger partial charge in [0, 0.05) is 11.9 Å². The largest absolute Gasteiger partial charge is 0.353 e. The topological polar surface area (TPSA) is 106 Å². The molecule has 0 aliphatic rings. The van der Waals surface area contributed by atoms with E-state index in [9.17, 15) is 10.1 Å². The molecule has 3 rings (SSSR count). The Morgan fingerprint density at radius 2 is 1.71 bits per heavy atom. The van der Waals surface area contributed by atoms with Crippen LogP contribution >= 0.6 is 0 Å².